The molecule has 1 aromatic carbocycles. The fourth-order valence-electron chi connectivity index (χ4n) is 2.76. The number of fused-ring (bicyclic) bond motifs is 1. The number of allylic oxidation sites excluding steroid dienone is 1. The highest BCUT2D eigenvalue weighted by molar-refractivity contribution is 6.26. The average molecular weight is 383 g/mol. The molecule has 0 radical (unpaired) electrons. The van der Waals surface area contributed by atoms with Crippen LogP contribution in [0.3, 0.4) is 0 Å². The number of aromatic amines is 1. The van der Waals surface area contributed by atoms with Crippen LogP contribution in [-0.4, -0.2) is 26.8 Å². The third-order valence-electron chi connectivity index (χ3n) is 4.05. The van der Waals surface area contributed by atoms with E-state index >= 15 is 0 Å². The van der Waals surface area contributed by atoms with Gasteiger partial charge < -0.3 is 20.1 Å². The van der Waals surface area contributed by atoms with Gasteiger partial charge in [-0.25, -0.2) is 18.6 Å². The lowest BCUT2D eigenvalue weighted by Gasteiger charge is -2.09. The summed E-state index contributed by atoms with van der Waals surface area (Å²) in [4.78, 5) is 31.1. The van der Waals surface area contributed by atoms with Crippen LogP contribution in [0.25, 0.3) is 17.1 Å². The second-order valence-corrected chi connectivity index (χ2v) is 5.84. The number of ether oxygens (including phenoxy) is 1. The predicted octanol–water partition coefficient (Wildman–Crippen LogP) is 3.19. The van der Waals surface area contributed by atoms with Gasteiger partial charge in [-0.2, -0.15) is 0 Å². The largest absolute Gasteiger partial charge is 0.477 e. The van der Waals surface area contributed by atoms with Crippen molar-refractivity contribution in [3.8, 4) is 0 Å². The Kier molecular flexibility index (Phi) is 4.11. The lowest BCUT2D eigenvalue weighted by Crippen LogP contribution is -2.12. The Morgan fingerprint density at radius 1 is 1.29 bits per heavy atom. The Balaban J connectivity index is 1.71. The van der Waals surface area contributed by atoms with Crippen molar-refractivity contribution in [3.63, 3.8) is 0 Å². The normalized spacial score (nSPS) is 15.4. The van der Waals surface area contributed by atoms with E-state index in [1.807, 2.05) is 0 Å². The van der Waals surface area contributed by atoms with Gasteiger partial charge in [-0.3, -0.25) is 4.79 Å². The number of hydrogen-bond donors (Lipinski definition) is 3. The molecule has 3 aromatic rings. The van der Waals surface area contributed by atoms with Gasteiger partial charge in [-0.15, -0.1) is 0 Å². The number of nitrogens with zero attached hydrogens (tertiary/aromatic N) is 1. The molecule has 0 aliphatic carbocycles. The summed E-state index contributed by atoms with van der Waals surface area (Å²) >= 11 is 0. The lowest BCUT2D eigenvalue weighted by atomic mass is 10.1. The highest BCUT2D eigenvalue weighted by atomic mass is 19.1. The summed E-state index contributed by atoms with van der Waals surface area (Å²) in [6.45, 7) is 0. The Labute approximate surface area is 156 Å². The maximum Gasteiger partial charge on any atom is 0.345 e. The Morgan fingerprint density at radius 3 is 2.86 bits per heavy atom. The summed E-state index contributed by atoms with van der Waals surface area (Å²) in [6, 6.07) is 6.15. The summed E-state index contributed by atoms with van der Waals surface area (Å²) in [7, 11) is 0. The van der Waals surface area contributed by atoms with E-state index in [0.717, 1.165) is 12.1 Å². The van der Waals surface area contributed by atoms with Gasteiger partial charge in [-0.1, -0.05) is 0 Å². The average Bonchev–Trinajstić information content (AvgIpc) is 3.19. The van der Waals surface area contributed by atoms with E-state index in [1.165, 1.54) is 6.08 Å². The Morgan fingerprint density at radius 2 is 2.11 bits per heavy atom. The van der Waals surface area contributed by atoms with Gasteiger partial charge in [0.15, 0.2) is 11.3 Å². The van der Waals surface area contributed by atoms with Gasteiger partial charge in [0.05, 0.1) is 5.69 Å². The molecule has 140 valence electrons. The van der Waals surface area contributed by atoms with Gasteiger partial charge in [0, 0.05) is 29.4 Å². The first-order chi connectivity index (χ1) is 13.4. The number of ketones is 1. The van der Waals surface area contributed by atoms with Crippen LogP contribution in [0.5, 0.6) is 0 Å². The number of anilines is 1. The minimum atomic E-state index is -1.54. The smallest absolute Gasteiger partial charge is 0.345 e. The van der Waals surface area contributed by atoms with Crippen LogP contribution in [0.1, 0.15) is 5.56 Å². The summed E-state index contributed by atoms with van der Waals surface area (Å²) in [6.07, 6.45) is 4.55. The lowest BCUT2D eigenvalue weighted by molar-refractivity contribution is -0.134. The van der Waals surface area contributed by atoms with E-state index in [2.05, 4.69) is 15.3 Å². The molecule has 0 saturated heterocycles. The summed E-state index contributed by atoms with van der Waals surface area (Å²) in [5.74, 6) is -4.89. The number of aliphatic carboxylic acids is 1. The maximum absolute atomic E-state index is 13.9. The van der Waals surface area contributed by atoms with Crippen molar-refractivity contribution >= 4 is 34.5 Å². The second-order valence-electron chi connectivity index (χ2n) is 5.84. The van der Waals surface area contributed by atoms with Gasteiger partial charge in [0.25, 0.3) is 0 Å². The third kappa shape index (κ3) is 2.98. The number of carbonyl (C=O) groups excluding carboxylic acids is 1. The monoisotopic (exact) mass is 383 g/mol. The number of carbonyl (C=O) groups is 2. The molecule has 0 atom stereocenters. The molecular weight excluding hydrogens is 372 g/mol. The molecule has 0 spiro atoms. The SMILES string of the molecule is O=C(O)C1=C(Nc2ccc(F)cc2F)O/C(=C\c2c[nH]c3ncccc23)C1=O. The van der Waals surface area contributed by atoms with Crippen LogP contribution < -0.4 is 5.32 Å². The van der Waals surface area contributed by atoms with Gasteiger partial charge in [0.2, 0.25) is 11.7 Å². The number of H-pyrrole nitrogens is 1. The highest BCUT2D eigenvalue weighted by Gasteiger charge is 2.36. The predicted molar refractivity (Wildman–Crippen MR) is 94.8 cm³/mol. The minimum Gasteiger partial charge on any atom is -0.477 e. The molecule has 3 N–H and O–H groups in total. The van der Waals surface area contributed by atoms with Gasteiger partial charge >= 0.3 is 5.97 Å². The van der Waals surface area contributed by atoms with Crippen LogP contribution in [0, 0.1) is 11.6 Å². The zero-order valence-electron chi connectivity index (χ0n) is 14.0. The number of carboxylic acid groups (broad SMARTS) is 1. The number of rotatable bonds is 4. The topological polar surface area (TPSA) is 104 Å². The molecule has 0 fully saturated rings. The minimum absolute atomic E-state index is 0.236. The number of Topliss-reactive ketones (excluding diaryl/α,β-unsaturated/α-hetero) is 1. The summed E-state index contributed by atoms with van der Waals surface area (Å²) in [5, 5.41) is 12.5. The van der Waals surface area contributed by atoms with Crippen molar-refractivity contribution in [3.05, 3.63) is 77.1 Å². The first-order valence-electron chi connectivity index (χ1n) is 8.00. The van der Waals surface area contributed by atoms with Crippen molar-refractivity contribution in [2.45, 2.75) is 0 Å². The molecule has 7 nitrogen and oxygen atoms in total. The number of benzene rings is 1. The number of nitrogens with one attached hydrogen (secondary N) is 2. The second kappa shape index (κ2) is 6.62. The Hall–Kier alpha value is -4.01. The van der Waals surface area contributed by atoms with Gasteiger partial charge in [-0.05, 0) is 30.3 Å². The van der Waals surface area contributed by atoms with Gasteiger partial charge in [0.1, 0.15) is 17.3 Å². The van der Waals surface area contributed by atoms with Crippen LogP contribution in [0.4, 0.5) is 14.5 Å². The fraction of sp³-hybridized carbons (Fsp3) is 0. The molecule has 0 unspecified atom stereocenters. The standard InChI is InChI=1S/C19H11F2N3O4/c20-10-3-4-13(12(21)7-10)24-18-15(19(26)27)16(25)14(28-18)6-9-8-23-17-11(9)2-1-5-22-17/h1-8,24H,(H,22,23)(H,26,27)/b14-6-. The van der Waals surface area contributed by atoms with Crippen LogP contribution in [0.2, 0.25) is 0 Å². The fourth-order valence-corrected chi connectivity index (χ4v) is 2.76. The first kappa shape index (κ1) is 17.4. The van der Waals surface area contributed by atoms with Crippen molar-refractivity contribution in [1.29, 1.82) is 0 Å². The van der Waals surface area contributed by atoms with Crippen LogP contribution in [0.15, 0.2) is 59.9 Å². The maximum atomic E-state index is 13.9. The molecule has 3 heterocycles. The van der Waals surface area contributed by atoms with Crippen molar-refractivity contribution in [1.82, 2.24) is 9.97 Å². The summed E-state index contributed by atoms with van der Waals surface area (Å²) < 4.78 is 32.3. The molecule has 1 aliphatic rings. The molecule has 1 aliphatic heterocycles. The molecular formula is C19H11F2N3O4. The molecule has 9 heteroatoms. The number of halogens is 2. The number of carboxylic acids is 1. The molecule has 4 rings (SSSR count). The Bertz CT molecular complexity index is 1200. The van der Waals surface area contributed by atoms with E-state index in [1.54, 1.807) is 24.5 Å². The molecule has 28 heavy (non-hydrogen) atoms. The summed E-state index contributed by atoms with van der Waals surface area (Å²) in [5.41, 5.74) is 0.219. The van der Waals surface area contributed by atoms with Crippen molar-refractivity contribution in [2.24, 2.45) is 0 Å². The molecule has 0 saturated carbocycles. The van der Waals surface area contributed by atoms with E-state index in [9.17, 15) is 23.5 Å². The number of pyridine rings is 1. The van der Waals surface area contributed by atoms with E-state index in [0.29, 0.717) is 22.7 Å². The number of aromatic nitrogens is 2. The highest BCUT2D eigenvalue weighted by Crippen LogP contribution is 2.30. The number of hydrogen-bond acceptors (Lipinski definition) is 5. The molecule has 2 aromatic heterocycles. The molecule has 0 bridgehead atoms. The molecule has 0 amide bonds. The van der Waals surface area contributed by atoms with E-state index < -0.39 is 34.8 Å². The van der Waals surface area contributed by atoms with Crippen LogP contribution in [-0.2, 0) is 14.3 Å². The van der Waals surface area contributed by atoms with Crippen molar-refractivity contribution in [2.75, 3.05) is 5.32 Å². The van der Waals surface area contributed by atoms with Crippen LogP contribution >= 0.6 is 0 Å². The quantitative estimate of drug-likeness (QED) is 0.472. The van der Waals surface area contributed by atoms with E-state index in [-0.39, 0.29) is 11.4 Å². The first-order valence-corrected chi connectivity index (χ1v) is 8.00. The zero-order valence-corrected chi connectivity index (χ0v) is 14.0. The zero-order chi connectivity index (χ0) is 19.8. The van der Waals surface area contributed by atoms with E-state index in [4.69, 9.17) is 4.74 Å². The van der Waals surface area contributed by atoms with Crippen molar-refractivity contribution < 1.29 is 28.2 Å². The third-order valence-corrected chi connectivity index (χ3v) is 4.05.